The van der Waals surface area contributed by atoms with E-state index in [1.807, 2.05) is 12.1 Å². The molecule has 1 unspecified atom stereocenters. The largest absolute Gasteiger partial charge is 0.347 e. The van der Waals surface area contributed by atoms with E-state index in [1.54, 1.807) is 19.2 Å². The number of likely N-dealkylation sites (N-methyl/N-ethyl adjacent to an activating group) is 1. The maximum absolute atomic E-state index is 12.8. The zero-order chi connectivity index (χ0) is 18.2. The van der Waals surface area contributed by atoms with Crippen molar-refractivity contribution in [3.05, 3.63) is 64.9 Å². The highest BCUT2D eigenvalue weighted by atomic mass is 35.5. The van der Waals surface area contributed by atoms with Gasteiger partial charge in [-0.3, -0.25) is 9.59 Å². The predicted octanol–water partition coefficient (Wildman–Crippen LogP) is 1.25. The minimum absolute atomic E-state index is 0.127. The van der Waals surface area contributed by atoms with E-state index in [1.165, 1.54) is 24.3 Å². The lowest BCUT2D eigenvalue weighted by Crippen LogP contribution is -3.11. The molecule has 25 heavy (non-hydrogen) atoms. The van der Waals surface area contributed by atoms with E-state index >= 15 is 0 Å². The summed E-state index contributed by atoms with van der Waals surface area (Å²) in [6, 6.07) is 12.8. The molecule has 0 aromatic heterocycles. The molecule has 0 aliphatic heterocycles. The van der Waals surface area contributed by atoms with Crippen LogP contribution in [0.3, 0.4) is 0 Å². The number of hydrogen-bond acceptors (Lipinski definition) is 2. The lowest BCUT2D eigenvalue weighted by Gasteiger charge is -2.14. The van der Waals surface area contributed by atoms with Gasteiger partial charge in [0.2, 0.25) is 0 Å². The molecule has 0 bridgehead atoms. The van der Waals surface area contributed by atoms with Crippen molar-refractivity contribution in [3.8, 4) is 0 Å². The summed E-state index contributed by atoms with van der Waals surface area (Å²) < 4.78 is 12.8. The molecule has 0 saturated heterocycles. The second-order valence-corrected chi connectivity index (χ2v) is 6.21. The molecule has 2 aromatic rings. The van der Waals surface area contributed by atoms with Crippen LogP contribution < -0.4 is 15.5 Å². The van der Waals surface area contributed by atoms with E-state index in [0.29, 0.717) is 17.3 Å². The van der Waals surface area contributed by atoms with Crippen LogP contribution in [0.5, 0.6) is 0 Å². The maximum atomic E-state index is 12.8. The summed E-state index contributed by atoms with van der Waals surface area (Å²) >= 11 is 5.89. The Morgan fingerprint density at radius 2 is 1.76 bits per heavy atom. The van der Waals surface area contributed by atoms with Crippen molar-refractivity contribution in [2.75, 3.05) is 25.5 Å². The Bertz CT molecular complexity index is 737. The normalized spacial score (nSPS) is 11.6. The average molecular weight is 365 g/mol. The van der Waals surface area contributed by atoms with Crippen molar-refractivity contribution in [1.82, 2.24) is 5.32 Å². The summed E-state index contributed by atoms with van der Waals surface area (Å²) in [6.07, 6.45) is 0. The minimum Gasteiger partial charge on any atom is -0.347 e. The van der Waals surface area contributed by atoms with Crippen LogP contribution in [-0.4, -0.2) is 32.0 Å². The number of rotatable bonds is 7. The lowest BCUT2D eigenvalue weighted by atomic mass is 10.2. The van der Waals surface area contributed by atoms with Crippen molar-refractivity contribution in [2.45, 2.75) is 6.54 Å². The fourth-order valence-corrected chi connectivity index (χ4v) is 2.47. The van der Waals surface area contributed by atoms with Crippen molar-refractivity contribution < 1.29 is 18.9 Å². The van der Waals surface area contributed by atoms with Gasteiger partial charge in [0.05, 0.1) is 7.05 Å². The van der Waals surface area contributed by atoms with Gasteiger partial charge in [-0.2, -0.15) is 0 Å². The Kier molecular flexibility index (Phi) is 6.91. The standard InChI is InChI=1S/C18H19ClFN3O2/c1-23(12-18(25)22-16-7-5-15(20)6-8-16)11-17(24)21-10-13-3-2-4-14(19)9-13/h2-9H,10-12H2,1H3,(H,21,24)(H,22,25)/p+1. The van der Waals surface area contributed by atoms with E-state index in [9.17, 15) is 14.0 Å². The molecule has 0 heterocycles. The molecule has 0 aliphatic carbocycles. The second kappa shape index (κ2) is 9.15. The molecule has 0 saturated carbocycles. The minimum atomic E-state index is -0.364. The van der Waals surface area contributed by atoms with Crippen molar-refractivity contribution >= 4 is 29.1 Å². The number of carbonyl (C=O) groups is 2. The van der Waals surface area contributed by atoms with Crippen LogP contribution in [0.1, 0.15) is 5.56 Å². The third kappa shape index (κ3) is 6.91. The molecule has 2 aromatic carbocycles. The molecule has 1 atom stereocenters. The molecule has 0 radical (unpaired) electrons. The van der Waals surface area contributed by atoms with Gasteiger partial charge in [-0.15, -0.1) is 0 Å². The van der Waals surface area contributed by atoms with Crippen LogP contribution in [0.25, 0.3) is 0 Å². The quantitative estimate of drug-likeness (QED) is 0.692. The summed E-state index contributed by atoms with van der Waals surface area (Å²) in [5, 5.41) is 6.08. The number of nitrogens with one attached hydrogen (secondary N) is 3. The maximum Gasteiger partial charge on any atom is 0.279 e. The fraction of sp³-hybridized carbons (Fsp3) is 0.222. The summed E-state index contributed by atoms with van der Waals surface area (Å²) in [7, 11) is 1.75. The zero-order valence-electron chi connectivity index (χ0n) is 13.8. The highest BCUT2D eigenvalue weighted by Gasteiger charge is 2.14. The van der Waals surface area contributed by atoms with Gasteiger partial charge in [-0.05, 0) is 42.0 Å². The number of hydrogen-bond donors (Lipinski definition) is 3. The van der Waals surface area contributed by atoms with Crippen molar-refractivity contribution in [1.29, 1.82) is 0 Å². The number of quaternary nitrogens is 1. The molecule has 7 heteroatoms. The highest BCUT2D eigenvalue weighted by molar-refractivity contribution is 6.30. The van der Waals surface area contributed by atoms with Crippen LogP contribution >= 0.6 is 11.6 Å². The Morgan fingerprint density at radius 3 is 2.44 bits per heavy atom. The first-order valence-corrected chi connectivity index (χ1v) is 8.18. The Balaban J connectivity index is 1.73. The topological polar surface area (TPSA) is 62.6 Å². The van der Waals surface area contributed by atoms with E-state index < -0.39 is 0 Å². The molecule has 0 spiro atoms. The first-order chi connectivity index (χ1) is 11.9. The van der Waals surface area contributed by atoms with E-state index in [-0.39, 0.29) is 30.7 Å². The smallest absolute Gasteiger partial charge is 0.279 e. The third-order valence-electron chi connectivity index (χ3n) is 3.43. The molecular weight excluding hydrogens is 345 g/mol. The van der Waals surface area contributed by atoms with E-state index in [4.69, 9.17) is 11.6 Å². The average Bonchev–Trinajstić information content (AvgIpc) is 2.55. The van der Waals surface area contributed by atoms with E-state index in [2.05, 4.69) is 10.6 Å². The van der Waals surface area contributed by atoms with Crippen LogP contribution in [0.4, 0.5) is 10.1 Å². The van der Waals surface area contributed by atoms with Gasteiger partial charge in [0, 0.05) is 17.3 Å². The molecule has 132 valence electrons. The number of amides is 2. The van der Waals surface area contributed by atoms with Crippen molar-refractivity contribution in [2.24, 2.45) is 0 Å². The van der Waals surface area contributed by atoms with Gasteiger partial charge in [-0.1, -0.05) is 23.7 Å². The number of anilines is 1. The number of carbonyl (C=O) groups excluding carboxylic acids is 2. The van der Waals surface area contributed by atoms with Gasteiger partial charge in [-0.25, -0.2) is 4.39 Å². The summed E-state index contributed by atoms with van der Waals surface area (Å²) in [5.41, 5.74) is 1.43. The zero-order valence-corrected chi connectivity index (χ0v) is 14.6. The van der Waals surface area contributed by atoms with Crippen LogP contribution in [0.2, 0.25) is 5.02 Å². The fourth-order valence-electron chi connectivity index (χ4n) is 2.26. The van der Waals surface area contributed by atoms with Gasteiger partial charge in [0.1, 0.15) is 5.82 Å². The first kappa shape index (κ1) is 18.9. The summed E-state index contributed by atoms with van der Waals surface area (Å²) in [6.45, 7) is 0.674. The first-order valence-electron chi connectivity index (χ1n) is 7.80. The molecule has 3 N–H and O–H groups in total. The molecule has 0 fully saturated rings. The second-order valence-electron chi connectivity index (χ2n) is 5.77. The molecule has 0 aliphatic rings. The lowest BCUT2D eigenvalue weighted by molar-refractivity contribution is -0.862. The molecule has 5 nitrogen and oxygen atoms in total. The summed E-state index contributed by atoms with van der Waals surface area (Å²) in [4.78, 5) is 24.6. The van der Waals surface area contributed by atoms with Gasteiger partial charge < -0.3 is 15.5 Å². The van der Waals surface area contributed by atoms with Gasteiger partial charge in [0.15, 0.2) is 13.1 Å². The monoisotopic (exact) mass is 364 g/mol. The SMILES string of the molecule is C[NH+](CC(=O)NCc1cccc(Cl)c1)CC(=O)Nc1ccc(F)cc1. The Morgan fingerprint density at radius 1 is 1.08 bits per heavy atom. The molecular formula is C18H20ClFN3O2+. The highest BCUT2D eigenvalue weighted by Crippen LogP contribution is 2.10. The van der Waals surface area contributed by atoms with Crippen LogP contribution in [0.15, 0.2) is 48.5 Å². The van der Waals surface area contributed by atoms with Crippen molar-refractivity contribution in [3.63, 3.8) is 0 Å². The van der Waals surface area contributed by atoms with E-state index in [0.717, 1.165) is 10.5 Å². The molecule has 2 amide bonds. The predicted molar refractivity (Wildman–Crippen MR) is 94.9 cm³/mol. The number of halogens is 2. The third-order valence-corrected chi connectivity index (χ3v) is 3.67. The van der Waals surface area contributed by atoms with Crippen LogP contribution in [-0.2, 0) is 16.1 Å². The molecule has 2 rings (SSSR count). The Hall–Kier alpha value is -2.44. The Labute approximate surface area is 150 Å². The number of benzene rings is 2. The van der Waals surface area contributed by atoms with Gasteiger partial charge in [0.25, 0.3) is 11.8 Å². The van der Waals surface area contributed by atoms with Gasteiger partial charge >= 0.3 is 0 Å². The summed E-state index contributed by atoms with van der Waals surface area (Å²) in [5.74, 6) is -0.768. The van der Waals surface area contributed by atoms with Crippen LogP contribution in [0, 0.1) is 5.82 Å².